The number of carbonyl (C=O) groups excluding carboxylic acids is 1. The molecular weight excluding hydrogens is 263 g/mol. The first-order chi connectivity index (χ1) is 8.30. The van der Waals surface area contributed by atoms with E-state index in [1.165, 1.54) is 24.0 Å². The number of halogens is 3. The van der Waals surface area contributed by atoms with Crippen molar-refractivity contribution in [2.24, 2.45) is 0 Å². The van der Waals surface area contributed by atoms with Crippen LogP contribution in [0.1, 0.15) is 17.5 Å². The molecule has 1 saturated heterocycles. The standard InChI is InChI=1S/C12H12F3NOS/c1-7-9(12(13,14)15)3-2-4-10(7)16-6-8(18)5-11(16)17/h2-4,8,18H,5-6H2,1H3. The Bertz CT molecular complexity index is 487. The van der Waals surface area contributed by atoms with Crippen LogP contribution >= 0.6 is 12.6 Å². The molecule has 0 aliphatic carbocycles. The Balaban J connectivity index is 2.44. The molecule has 0 spiro atoms. The zero-order chi connectivity index (χ0) is 13.5. The van der Waals surface area contributed by atoms with Crippen LogP contribution in [0, 0.1) is 6.92 Å². The molecule has 0 bridgehead atoms. The van der Waals surface area contributed by atoms with Gasteiger partial charge in [-0.2, -0.15) is 25.8 Å². The maximum Gasteiger partial charge on any atom is 0.416 e. The maximum absolute atomic E-state index is 12.8. The lowest BCUT2D eigenvalue weighted by Crippen LogP contribution is -2.26. The molecule has 1 aliphatic heterocycles. The lowest BCUT2D eigenvalue weighted by molar-refractivity contribution is -0.138. The Morgan fingerprint density at radius 3 is 2.56 bits per heavy atom. The zero-order valence-electron chi connectivity index (χ0n) is 9.66. The highest BCUT2D eigenvalue weighted by atomic mass is 32.1. The fraction of sp³-hybridized carbons (Fsp3) is 0.417. The van der Waals surface area contributed by atoms with E-state index >= 15 is 0 Å². The summed E-state index contributed by atoms with van der Waals surface area (Å²) in [5, 5.41) is -0.119. The van der Waals surface area contributed by atoms with Gasteiger partial charge in [-0.1, -0.05) is 6.07 Å². The van der Waals surface area contributed by atoms with Gasteiger partial charge in [0.15, 0.2) is 0 Å². The van der Waals surface area contributed by atoms with E-state index in [0.29, 0.717) is 12.2 Å². The maximum atomic E-state index is 12.8. The van der Waals surface area contributed by atoms with Gasteiger partial charge in [0.25, 0.3) is 0 Å². The Hall–Kier alpha value is -1.17. The topological polar surface area (TPSA) is 20.3 Å². The molecule has 1 fully saturated rings. The van der Waals surface area contributed by atoms with Crippen LogP contribution in [0.4, 0.5) is 18.9 Å². The summed E-state index contributed by atoms with van der Waals surface area (Å²) in [5.74, 6) is -0.183. The molecule has 0 aromatic heterocycles. The summed E-state index contributed by atoms with van der Waals surface area (Å²) in [6.45, 7) is 1.74. The minimum absolute atomic E-state index is 0.0841. The summed E-state index contributed by atoms with van der Waals surface area (Å²) in [7, 11) is 0. The third-order valence-corrected chi connectivity index (χ3v) is 3.35. The van der Waals surface area contributed by atoms with Crippen molar-refractivity contribution < 1.29 is 18.0 Å². The largest absolute Gasteiger partial charge is 0.416 e. The van der Waals surface area contributed by atoms with Gasteiger partial charge in [0.05, 0.1) is 5.56 Å². The number of nitrogens with zero attached hydrogens (tertiary/aromatic N) is 1. The fourth-order valence-electron chi connectivity index (χ4n) is 2.14. The highest BCUT2D eigenvalue weighted by Crippen LogP contribution is 2.37. The molecule has 1 unspecified atom stereocenters. The summed E-state index contributed by atoms with van der Waals surface area (Å²) in [6.07, 6.45) is -4.14. The van der Waals surface area contributed by atoms with Crippen LogP contribution in [0.15, 0.2) is 18.2 Å². The highest BCUT2D eigenvalue weighted by molar-refractivity contribution is 7.81. The number of anilines is 1. The Kier molecular flexibility index (Phi) is 3.31. The smallest absolute Gasteiger partial charge is 0.311 e. The first-order valence-electron chi connectivity index (χ1n) is 5.46. The first kappa shape index (κ1) is 13.3. The quantitative estimate of drug-likeness (QED) is 0.781. The minimum atomic E-state index is -4.40. The van der Waals surface area contributed by atoms with Crippen LogP contribution < -0.4 is 4.90 Å². The van der Waals surface area contributed by atoms with Crippen molar-refractivity contribution in [3.05, 3.63) is 29.3 Å². The molecule has 1 amide bonds. The minimum Gasteiger partial charge on any atom is -0.311 e. The van der Waals surface area contributed by atoms with Crippen molar-refractivity contribution >= 4 is 24.2 Å². The van der Waals surface area contributed by atoms with Crippen LogP contribution in [0.25, 0.3) is 0 Å². The average Bonchev–Trinajstić information content (AvgIpc) is 2.56. The van der Waals surface area contributed by atoms with Crippen molar-refractivity contribution in [2.45, 2.75) is 24.8 Å². The van der Waals surface area contributed by atoms with Crippen molar-refractivity contribution in [1.29, 1.82) is 0 Å². The van der Waals surface area contributed by atoms with E-state index in [4.69, 9.17) is 0 Å². The van der Waals surface area contributed by atoms with Crippen molar-refractivity contribution in [3.63, 3.8) is 0 Å². The van der Waals surface area contributed by atoms with Crippen LogP contribution in [-0.2, 0) is 11.0 Å². The number of carbonyl (C=O) groups is 1. The SMILES string of the molecule is Cc1c(N2CC(S)CC2=O)cccc1C(F)(F)F. The van der Waals surface area contributed by atoms with E-state index in [1.807, 2.05) is 0 Å². The molecule has 1 atom stereocenters. The third-order valence-electron chi connectivity index (χ3n) is 3.01. The van der Waals surface area contributed by atoms with E-state index in [1.54, 1.807) is 0 Å². The Morgan fingerprint density at radius 2 is 2.06 bits per heavy atom. The number of hydrogen-bond donors (Lipinski definition) is 1. The van der Waals surface area contributed by atoms with E-state index in [0.717, 1.165) is 6.07 Å². The molecule has 1 aromatic rings. The van der Waals surface area contributed by atoms with Crippen LogP contribution in [0.5, 0.6) is 0 Å². The van der Waals surface area contributed by atoms with Gasteiger partial charge >= 0.3 is 6.18 Å². The molecular formula is C12H12F3NOS. The van der Waals surface area contributed by atoms with Gasteiger partial charge in [0.2, 0.25) is 5.91 Å². The molecule has 0 radical (unpaired) electrons. The molecule has 0 N–H and O–H groups in total. The second-order valence-corrected chi connectivity index (χ2v) is 5.04. The molecule has 0 saturated carbocycles. The van der Waals surface area contributed by atoms with Gasteiger partial charge in [-0.25, -0.2) is 0 Å². The van der Waals surface area contributed by atoms with Crippen molar-refractivity contribution in [2.75, 3.05) is 11.4 Å². The van der Waals surface area contributed by atoms with Gasteiger partial charge in [-0.15, -0.1) is 0 Å². The highest BCUT2D eigenvalue weighted by Gasteiger charge is 2.35. The van der Waals surface area contributed by atoms with E-state index in [-0.39, 0.29) is 23.1 Å². The lowest BCUT2D eigenvalue weighted by atomic mass is 10.1. The number of thiol groups is 1. The second kappa shape index (κ2) is 4.50. The van der Waals surface area contributed by atoms with Crippen LogP contribution in [-0.4, -0.2) is 17.7 Å². The molecule has 1 heterocycles. The van der Waals surface area contributed by atoms with E-state index in [9.17, 15) is 18.0 Å². The number of hydrogen-bond acceptors (Lipinski definition) is 2. The summed E-state index contributed by atoms with van der Waals surface area (Å²) >= 11 is 4.19. The molecule has 1 aliphatic rings. The zero-order valence-corrected chi connectivity index (χ0v) is 10.6. The molecule has 98 valence electrons. The Morgan fingerprint density at radius 1 is 1.39 bits per heavy atom. The number of rotatable bonds is 1. The van der Waals surface area contributed by atoms with Crippen molar-refractivity contribution in [1.82, 2.24) is 0 Å². The van der Waals surface area contributed by atoms with Gasteiger partial charge in [0.1, 0.15) is 0 Å². The summed E-state index contributed by atoms with van der Waals surface area (Å²) in [4.78, 5) is 13.1. The van der Waals surface area contributed by atoms with Gasteiger partial charge in [-0.05, 0) is 24.6 Å². The summed E-state index contributed by atoms with van der Waals surface area (Å²) in [5.41, 5.74) is -0.289. The number of benzene rings is 1. The monoisotopic (exact) mass is 275 g/mol. The third kappa shape index (κ3) is 2.34. The van der Waals surface area contributed by atoms with E-state index in [2.05, 4.69) is 12.6 Å². The van der Waals surface area contributed by atoms with Crippen LogP contribution in [0.3, 0.4) is 0 Å². The van der Waals surface area contributed by atoms with Gasteiger partial charge in [0, 0.05) is 23.9 Å². The van der Waals surface area contributed by atoms with Crippen molar-refractivity contribution in [3.8, 4) is 0 Å². The predicted molar refractivity (Wildman–Crippen MR) is 65.9 cm³/mol. The second-order valence-electron chi connectivity index (χ2n) is 4.31. The summed E-state index contributed by atoms with van der Waals surface area (Å²) < 4.78 is 38.3. The molecule has 1 aromatic carbocycles. The molecule has 2 rings (SSSR count). The summed E-state index contributed by atoms with van der Waals surface area (Å²) in [6, 6.07) is 3.89. The Labute approximate surface area is 108 Å². The number of alkyl halides is 3. The molecule has 2 nitrogen and oxygen atoms in total. The molecule has 6 heteroatoms. The predicted octanol–water partition coefficient (Wildman–Crippen LogP) is 3.05. The first-order valence-corrected chi connectivity index (χ1v) is 5.97. The van der Waals surface area contributed by atoms with Gasteiger partial charge in [-0.3, -0.25) is 4.79 Å². The normalized spacial score (nSPS) is 20.6. The van der Waals surface area contributed by atoms with Gasteiger partial charge < -0.3 is 4.90 Å². The molecule has 18 heavy (non-hydrogen) atoms. The average molecular weight is 275 g/mol. The lowest BCUT2D eigenvalue weighted by Gasteiger charge is -2.21. The van der Waals surface area contributed by atoms with Crippen LogP contribution in [0.2, 0.25) is 0 Å². The fourth-order valence-corrected chi connectivity index (χ4v) is 2.46. The number of amides is 1. The van der Waals surface area contributed by atoms with E-state index < -0.39 is 11.7 Å².